The van der Waals surface area contributed by atoms with Crippen molar-refractivity contribution in [2.45, 2.75) is 27.7 Å². The van der Waals surface area contributed by atoms with Gasteiger partial charge in [0, 0.05) is 5.69 Å². The lowest BCUT2D eigenvalue weighted by Gasteiger charge is -2.13. The zero-order chi connectivity index (χ0) is 15.0. The molecule has 104 valence electrons. The third kappa shape index (κ3) is 2.37. The average molecular weight is 269 g/mol. The first kappa shape index (κ1) is 14.1. The predicted octanol–water partition coefficient (Wildman–Crippen LogP) is 3.02. The molecule has 0 atom stereocenters. The Morgan fingerprint density at radius 2 is 1.50 bits per heavy atom. The molecule has 1 aromatic carbocycles. The molecular weight excluding hydrogens is 250 g/mol. The Balaban J connectivity index is 2.55. The fraction of sp³-hybridized carbons (Fsp3) is 0.250. The summed E-state index contributed by atoms with van der Waals surface area (Å²) in [4.78, 5) is 16.3. The van der Waals surface area contributed by atoms with Crippen LogP contribution in [0.4, 0.5) is 17.1 Å². The van der Waals surface area contributed by atoms with Crippen LogP contribution in [-0.4, -0.2) is 11.5 Å². The Morgan fingerprint density at radius 3 is 2.05 bits per heavy atom. The summed E-state index contributed by atoms with van der Waals surface area (Å²) in [7, 11) is 0. The summed E-state index contributed by atoms with van der Waals surface area (Å²) in [6, 6.07) is 1.87. The molecule has 2 rings (SSSR count). The molecule has 1 aromatic rings. The molecule has 0 saturated carbocycles. The van der Waals surface area contributed by atoms with Crippen molar-refractivity contribution in [2.75, 3.05) is 11.5 Å². The van der Waals surface area contributed by atoms with E-state index in [9.17, 15) is 4.79 Å². The predicted molar refractivity (Wildman–Crippen MR) is 84.4 cm³/mol. The molecule has 0 amide bonds. The van der Waals surface area contributed by atoms with Crippen LogP contribution < -0.4 is 11.5 Å². The average Bonchev–Trinajstić information content (AvgIpc) is 2.39. The normalized spacial score (nSPS) is 15.0. The van der Waals surface area contributed by atoms with Crippen LogP contribution in [0.5, 0.6) is 0 Å². The van der Waals surface area contributed by atoms with Crippen molar-refractivity contribution in [1.29, 1.82) is 0 Å². The summed E-state index contributed by atoms with van der Waals surface area (Å²) in [6.45, 7) is 7.39. The van der Waals surface area contributed by atoms with Gasteiger partial charge in [-0.2, -0.15) is 0 Å². The van der Waals surface area contributed by atoms with Crippen molar-refractivity contribution in [3.63, 3.8) is 0 Å². The van der Waals surface area contributed by atoms with E-state index in [0.717, 1.165) is 16.8 Å². The number of Topliss-reactive ketones (excluding diaryl/α,β-unsaturated/α-hetero) is 1. The highest BCUT2D eigenvalue weighted by atomic mass is 16.1. The van der Waals surface area contributed by atoms with Gasteiger partial charge in [-0.1, -0.05) is 0 Å². The Kier molecular flexibility index (Phi) is 3.49. The second kappa shape index (κ2) is 4.96. The summed E-state index contributed by atoms with van der Waals surface area (Å²) < 4.78 is 0. The van der Waals surface area contributed by atoms with Gasteiger partial charge in [0.1, 0.15) is 0 Å². The Hall–Kier alpha value is -2.36. The standard InChI is InChI=1S/C16H19N3O/c1-8-7-13(15(18)11(4)14(8)17)19-12-5-9(2)16(20)10(3)6-12/h5-7H,17-18H2,1-4H3. The minimum atomic E-state index is 0.0570. The lowest BCUT2D eigenvalue weighted by atomic mass is 9.98. The number of nitrogens with zero attached hydrogens (tertiary/aromatic N) is 1. The van der Waals surface area contributed by atoms with E-state index in [1.807, 2.05) is 19.9 Å². The number of benzene rings is 1. The molecule has 4 N–H and O–H groups in total. The van der Waals surface area contributed by atoms with Crippen LogP contribution in [0.1, 0.15) is 25.0 Å². The van der Waals surface area contributed by atoms with E-state index in [1.54, 1.807) is 26.0 Å². The SMILES string of the molecule is CC1=CC(=Nc2cc(C)c(N)c(C)c2N)C=C(C)C1=O. The van der Waals surface area contributed by atoms with E-state index in [0.29, 0.717) is 28.2 Å². The summed E-state index contributed by atoms with van der Waals surface area (Å²) >= 11 is 0. The summed E-state index contributed by atoms with van der Waals surface area (Å²) in [5.74, 6) is 0.0570. The van der Waals surface area contributed by atoms with Gasteiger partial charge >= 0.3 is 0 Å². The van der Waals surface area contributed by atoms with Crippen LogP contribution in [0.2, 0.25) is 0 Å². The second-order valence-corrected chi connectivity index (χ2v) is 5.19. The van der Waals surface area contributed by atoms with Crippen molar-refractivity contribution in [3.05, 3.63) is 40.5 Å². The van der Waals surface area contributed by atoms with E-state index < -0.39 is 0 Å². The highest BCUT2D eigenvalue weighted by Gasteiger charge is 2.14. The largest absolute Gasteiger partial charge is 0.398 e. The maximum absolute atomic E-state index is 11.7. The molecule has 4 heteroatoms. The molecule has 0 aliphatic heterocycles. The number of nitrogens with two attached hydrogens (primary N) is 2. The van der Waals surface area contributed by atoms with Crippen molar-refractivity contribution in [3.8, 4) is 0 Å². The molecule has 0 fully saturated rings. The number of aryl methyl sites for hydroxylation is 1. The summed E-state index contributed by atoms with van der Waals surface area (Å²) in [6.07, 6.45) is 3.55. The highest BCUT2D eigenvalue weighted by molar-refractivity contribution is 6.22. The quantitative estimate of drug-likeness (QED) is 0.607. The van der Waals surface area contributed by atoms with Gasteiger partial charge in [-0.05, 0) is 68.2 Å². The number of carbonyl (C=O) groups excluding carboxylic acids is 1. The van der Waals surface area contributed by atoms with Gasteiger partial charge in [0.05, 0.1) is 17.1 Å². The molecule has 1 aliphatic rings. The molecule has 0 bridgehead atoms. The molecule has 0 aromatic heterocycles. The van der Waals surface area contributed by atoms with Gasteiger partial charge in [-0.3, -0.25) is 4.79 Å². The van der Waals surface area contributed by atoms with Crippen molar-refractivity contribution >= 4 is 28.6 Å². The molecule has 20 heavy (non-hydrogen) atoms. The molecule has 4 nitrogen and oxygen atoms in total. The van der Waals surface area contributed by atoms with E-state index in [1.165, 1.54) is 0 Å². The minimum Gasteiger partial charge on any atom is -0.398 e. The first-order valence-corrected chi connectivity index (χ1v) is 6.46. The molecule has 0 heterocycles. The van der Waals surface area contributed by atoms with Crippen LogP contribution >= 0.6 is 0 Å². The third-order valence-corrected chi connectivity index (χ3v) is 3.56. The number of nitrogen functional groups attached to an aromatic ring is 2. The van der Waals surface area contributed by atoms with Crippen LogP contribution in [-0.2, 0) is 4.79 Å². The fourth-order valence-electron chi connectivity index (χ4n) is 2.22. The Bertz CT molecular complexity index is 670. The number of allylic oxidation sites excluding steroid dienone is 4. The Labute approximate surface area is 118 Å². The highest BCUT2D eigenvalue weighted by Crippen LogP contribution is 2.33. The maximum Gasteiger partial charge on any atom is 0.184 e. The number of hydrogen-bond donors (Lipinski definition) is 2. The second-order valence-electron chi connectivity index (χ2n) is 5.19. The number of aliphatic imine (C=N–C) groups is 1. The third-order valence-electron chi connectivity index (χ3n) is 3.56. The number of rotatable bonds is 1. The van der Waals surface area contributed by atoms with Crippen LogP contribution in [0.25, 0.3) is 0 Å². The van der Waals surface area contributed by atoms with Crippen LogP contribution in [0, 0.1) is 13.8 Å². The minimum absolute atomic E-state index is 0.0570. The van der Waals surface area contributed by atoms with Gasteiger partial charge in [-0.15, -0.1) is 0 Å². The first-order valence-electron chi connectivity index (χ1n) is 6.46. The zero-order valence-electron chi connectivity index (χ0n) is 12.2. The number of ketones is 1. The summed E-state index contributed by atoms with van der Waals surface area (Å²) in [5, 5.41) is 0. The van der Waals surface area contributed by atoms with Crippen LogP contribution in [0.3, 0.4) is 0 Å². The molecule has 0 saturated heterocycles. The lowest BCUT2D eigenvalue weighted by molar-refractivity contribution is -0.112. The van der Waals surface area contributed by atoms with Gasteiger partial charge in [0.25, 0.3) is 0 Å². The number of hydrogen-bond acceptors (Lipinski definition) is 4. The van der Waals surface area contributed by atoms with Gasteiger partial charge in [0.2, 0.25) is 0 Å². The number of carbonyl (C=O) groups is 1. The zero-order valence-corrected chi connectivity index (χ0v) is 12.2. The van der Waals surface area contributed by atoms with E-state index >= 15 is 0 Å². The Morgan fingerprint density at radius 1 is 0.950 bits per heavy atom. The molecule has 0 radical (unpaired) electrons. The number of anilines is 2. The van der Waals surface area contributed by atoms with Crippen molar-refractivity contribution in [1.82, 2.24) is 0 Å². The van der Waals surface area contributed by atoms with Crippen molar-refractivity contribution < 1.29 is 4.79 Å². The van der Waals surface area contributed by atoms with Crippen molar-refractivity contribution in [2.24, 2.45) is 4.99 Å². The van der Waals surface area contributed by atoms with Gasteiger partial charge < -0.3 is 11.5 Å². The van der Waals surface area contributed by atoms with Gasteiger partial charge in [0.15, 0.2) is 5.78 Å². The fourth-order valence-corrected chi connectivity index (χ4v) is 2.22. The monoisotopic (exact) mass is 269 g/mol. The first-order chi connectivity index (χ1) is 9.31. The molecular formula is C16H19N3O. The molecule has 0 spiro atoms. The van der Waals surface area contributed by atoms with E-state index in [-0.39, 0.29) is 5.78 Å². The molecule has 0 unspecified atom stereocenters. The van der Waals surface area contributed by atoms with Crippen LogP contribution in [0.15, 0.2) is 34.4 Å². The van der Waals surface area contributed by atoms with E-state index in [2.05, 4.69) is 4.99 Å². The topological polar surface area (TPSA) is 81.5 Å². The summed E-state index contributed by atoms with van der Waals surface area (Å²) in [5.41, 5.74) is 17.9. The van der Waals surface area contributed by atoms with Gasteiger partial charge in [-0.25, -0.2) is 4.99 Å². The smallest absolute Gasteiger partial charge is 0.184 e. The lowest BCUT2D eigenvalue weighted by Crippen LogP contribution is -2.10. The maximum atomic E-state index is 11.7. The van der Waals surface area contributed by atoms with E-state index in [4.69, 9.17) is 11.5 Å². The molecule has 1 aliphatic carbocycles.